The monoisotopic (exact) mass is 373 g/mol. The molecule has 3 rings (SSSR count). The molecule has 2 atom stereocenters. The number of ether oxygens (including phenoxy) is 1. The van der Waals surface area contributed by atoms with Crippen LogP contribution in [-0.4, -0.2) is 43.7 Å². The molecule has 0 saturated carbocycles. The van der Waals surface area contributed by atoms with E-state index in [2.05, 4.69) is 28.5 Å². The number of rotatable bonds is 8. The van der Waals surface area contributed by atoms with E-state index < -0.39 is 12.1 Å². The predicted molar refractivity (Wildman–Crippen MR) is 107 cm³/mol. The smallest absolute Gasteiger partial charge is 0.249 e. The number of hydrogen-bond acceptors (Lipinski definition) is 4. The molecule has 2 unspecified atom stereocenters. The van der Waals surface area contributed by atoms with Crippen molar-refractivity contribution in [2.75, 3.05) is 29.9 Å². The molecule has 6 nitrogen and oxygen atoms in total. The maximum absolute atomic E-state index is 12.8. The van der Waals surface area contributed by atoms with Gasteiger partial charge in [0.2, 0.25) is 11.8 Å². The van der Waals surface area contributed by atoms with Crippen LogP contribution in [0.4, 0.5) is 11.4 Å². The van der Waals surface area contributed by atoms with Crippen LogP contribution in [0.2, 0.25) is 0 Å². The van der Waals surface area contributed by atoms with Crippen LogP contribution in [-0.2, 0) is 14.3 Å². The van der Waals surface area contributed by atoms with E-state index in [-0.39, 0.29) is 11.8 Å². The summed E-state index contributed by atoms with van der Waals surface area (Å²) in [6, 6.07) is 7.43. The lowest BCUT2D eigenvalue weighted by atomic mass is 10.1. The quantitative estimate of drug-likeness (QED) is 0.735. The molecule has 2 heterocycles. The highest BCUT2D eigenvalue weighted by Crippen LogP contribution is 2.23. The van der Waals surface area contributed by atoms with Crippen molar-refractivity contribution >= 4 is 23.2 Å². The average molecular weight is 373 g/mol. The summed E-state index contributed by atoms with van der Waals surface area (Å²) in [5.74, 6) is -0.331. The number of amides is 2. The lowest BCUT2D eigenvalue weighted by molar-refractivity contribution is -0.133. The normalized spacial score (nSPS) is 20.5. The zero-order valence-electron chi connectivity index (χ0n) is 16.2. The standard InChI is InChI=1S/C21H31N3O3/c1-2-3-10-18(23-21(26)19-11-7-14-27-19)20(25)22-16-8-6-9-17(15-16)24-12-4-5-13-24/h6,8-9,15,18-19H,2-5,7,10-14H2,1H3,(H,22,25)(H,23,26). The van der Waals surface area contributed by atoms with Crippen molar-refractivity contribution in [3.05, 3.63) is 24.3 Å². The van der Waals surface area contributed by atoms with Crippen molar-refractivity contribution in [1.29, 1.82) is 0 Å². The van der Waals surface area contributed by atoms with Crippen LogP contribution in [0.3, 0.4) is 0 Å². The predicted octanol–water partition coefficient (Wildman–Crippen LogP) is 3.08. The number of carbonyl (C=O) groups is 2. The number of nitrogens with one attached hydrogen (secondary N) is 2. The van der Waals surface area contributed by atoms with Gasteiger partial charge in [-0.05, 0) is 50.3 Å². The Hall–Kier alpha value is -2.08. The molecule has 2 fully saturated rings. The van der Waals surface area contributed by atoms with Crippen molar-refractivity contribution in [3.63, 3.8) is 0 Å². The van der Waals surface area contributed by atoms with E-state index in [0.29, 0.717) is 13.0 Å². The van der Waals surface area contributed by atoms with E-state index in [0.717, 1.165) is 50.1 Å². The van der Waals surface area contributed by atoms with Gasteiger partial charge in [-0.2, -0.15) is 0 Å². The van der Waals surface area contributed by atoms with E-state index in [1.807, 2.05) is 18.2 Å². The second-order valence-electron chi connectivity index (χ2n) is 7.44. The van der Waals surface area contributed by atoms with Crippen LogP contribution in [0.1, 0.15) is 51.9 Å². The van der Waals surface area contributed by atoms with Gasteiger partial charge >= 0.3 is 0 Å². The summed E-state index contributed by atoms with van der Waals surface area (Å²) in [6.07, 6.45) is 6.13. The molecule has 2 saturated heterocycles. The van der Waals surface area contributed by atoms with Crippen molar-refractivity contribution in [2.45, 2.75) is 64.0 Å². The number of unbranched alkanes of at least 4 members (excludes halogenated alkanes) is 1. The van der Waals surface area contributed by atoms with Gasteiger partial charge < -0.3 is 20.3 Å². The zero-order valence-corrected chi connectivity index (χ0v) is 16.2. The summed E-state index contributed by atoms with van der Waals surface area (Å²) < 4.78 is 5.44. The lowest BCUT2D eigenvalue weighted by Crippen LogP contribution is -2.47. The van der Waals surface area contributed by atoms with Crippen LogP contribution in [0, 0.1) is 0 Å². The molecule has 1 aromatic rings. The van der Waals surface area contributed by atoms with Gasteiger partial charge in [-0.15, -0.1) is 0 Å². The summed E-state index contributed by atoms with van der Waals surface area (Å²) in [4.78, 5) is 27.5. The minimum Gasteiger partial charge on any atom is -0.371 e. The van der Waals surface area contributed by atoms with Gasteiger partial charge in [0.05, 0.1) is 0 Å². The molecule has 0 bridgehead atoms. The van der Waals surface area contributed by atoms with Crippen LogP contribution in [0.25, 0.3) is 0 Å². The minimum atomic E-state index is -0.530. The Morgan fingerprint density at radius 1 is 1.26 bits per heavy atom. The Morgan fingerprint density at radius 3 is 2.78 bits per heavy atom. The Labute approximate surface area is 161 Å². The summed E-state index contributed by atoms with van der Waals surface area (Å²) >= 11 is 0. The molecule has 148 valence electrons. The second kappa shape index (κ2) is 9.74. The van der Waals surface area contributed by atoms with E-state index in [4.69, 9.17) is 4.74 Å². The molecule has 2 N–H and O–H groups in total. The van der Waals surface area contributed by atoms with E-state index in [1.54, 1.807) is 0 Å². The third kappa shape index (κ3) is 5.45. The van der Waals surface area contributed by atoms with E-state index in [9.17, 15) is 9.59 Å². The number of nitrogens with zero attached hydrogens (tertiary/aromatic N) is 1. The van der Waals surface area contributed by atoms with Crippen LogP contribution < -0.4 is 15.5 Å². The highest BCUT2D eigenvalue weighted by atomic mass is 16.5. The number of hydrogen-bond donors (Lipinski definition) is 2. The number of anilines is 2. The Balaban J connectivity index is 1.62. The number of benzene rings is 1. The minimum absolute atomic E-state index is 0.159. The van der Waals surface area contributed by atoms with Gasteiger partial charge in [-0.1, -0.05) is 25.8 Å². The van der Waals surface area contributed by atoms with Crippen LogP contribution in [0.15, 0.2) is 24.3 Å². The fourth-order valence-electron chi connectivity index (χ4n) is 3.71. The summed E-state index contributed by atoms with van der Waals surface area (Å²) in [7, 11) is 0. The first-order valence-electron chi connectivity index (χ1n) is 10.2. The molecule has 6 heteroatoms. The van der Waals surface area contributed by atoms with Crippen LogP contribution in [0.5, 0.6) is 0 Å². The largest absolute Gasteiger partial charge is 0.371 e. The van der Waals surface area contributed by atoms with Gasteiger partial charge in [0.25, 0.3) is 0 Å². The SMILES string of the molecule is CCCCC(NC(=O)C1CCCO1)C(=O)Nc1cccc(N2CCCC2)c1. The maximum atomic E-state index is 12.8. The molecule has 0 aliphatic carbocycles. The molecule has 27 heavy (non-hydrogen) atoms. The van der Waals surface area contributed by atoms with Crippen molar-refractivity contribution in [3.8, 4) is 0 Å². The molecular weight excluding hydrogens is 342 g/mol. The number of carbonyl (C=O) groups excluding carboxylic acids is 2. The Bertz CT molecular complexity index is 637. The third-order valence-electron chi connectivity index (χ3n) is 5.29. The molecule has 1 aromatic carbocycles. The molecule has 0 aromatic heterocycles. The van der Waals surface area contributed by atoms with Gasteiger partial charge in [0, 0.05) is 31.1 Å². The maximum Gasteiger partial charge on any atom is 0.249 e. The first-order valence-corrected chi connectivity index (χ1v) is 10.2. The fourth-order valence-corrected chi connectivity index (χ4v) is 3.71. The molecular formula is C21H31N3O3. The van der Waals surface area contributed by atoms with Gasteiger partial charge in [0.1, 0.15) is 12.1 Å². The molecule has 0 spiro atoms. The summed E-state index contributed by atoms with van der Waals surface area (Å²) in [5.41, 5.74) is 1.91. The molecule has 2 aliphatic rings. The molecule has 2 amide bonds. The first-order chi connectivity index (χ1) is 13.2. The lowest BCUT2D eigenvalue weighted by Gasteiger charge is -2.21. The fraction of sp³-hybridized carbons (Fsp3) is 0.619. The van der Waals surface area contributed by atoms with E-state index >= 15 is 0 Å². The topological polar surface area (TPSA) is 70.7 Å². The van der Waals surface area contributed by atoms with E-state index in [1.165, 1.54) is 12.8 Å². The molecule has 2 aliphatic heterocycles. The summed E-state index contributed by atoms with van der Waals surface area (Å²) in [6.45, 7) is 4.82. The first kappa shape index (κ1) is 19.7. The highest BCUT2D eigenvalue weighted by molar-refractivity contribution is 5.98. The third-order valence-corrected chi connectivity index (χ3v) is 5.29. The Morgan fingerprint density at radius 2 is 2.07 bits per heavy atom. The van der Waals surface area contributed by atoms with Crippen molar-refractivity contribution in [1.82, 2.24) is 5.32 Å². The molecule has 0 radical (unpaired) electrons. The van der Waals surface area contributed by atoms with Gasteiger partial charge in [-0.25, -0.2) is 0 Å². The van der Waals surface area contributed by atoms with Crippen LogP contribution >= 0.6 is 0 Å². The van der Waals surface area contributed by atoms with Gasteiger partial charge in [0.15, 0.2) is 0 Å². The summed E-state index contributed by atoms with van der Waals surface area (Å²) in [5, 5.41) is 5.89. The van der Waals surface area contributed by atoms with Crippen molar-refractivity contribution < 1.29 is 14.3 Å². The zero-order chi connectivity index (χ0) is 19.1. The second-order valence-corrected chi connectivity index (χ2v) is 7.44. The van der Waals surface area contributed by atoms with Gasteiger partial charge in [-0.3, -0.25) is 9.59 Å². The van der Waals surface area contributed by atoms with Crippen molar-refractivity contribution in [2.24, 2.45) is 0 Å². The highest BCUT2D eigenvalue weighted by Gasteiger charge is 2.28. The Kier molecular flexibility index (Phi) is 7.10. The average Bonchev–Trinajstić information content (AvgIpc) is 3.39.